The second-order valence-corrected chi connectivity index (χ2v) is 2.87. The first-order valence-corrected chi connectivity index (χ1v) is 4.00. The summed E-state index contributed by atoms with van der Waals surface area (Å²) in [5.41, 5.74) is 5.82. The van der Waals surface area contributed by atoms with Gasteiger partial charge in [0.1, 0.15) is 5.75 Å². The van der Waals surface area contributed by atoms with Crippen LogP contribution in [0.3, 0.4) is 0 Å². The lowest BCUT2D eigenvalue weighted by atomic mass is 10.1. The van der Waals surface area contributed by atoms with E-state index < -0.39 is 12.4 Å². The van der Waals surface area contributed by atoms with E-state index in [-0.39, 0.29) is 18.2 Å². The fraction of sp³-hybridized carbons (Fsp3) is 0.333. The zero-order chi connectivity index (χ0) is 10.8. The molecule has 0 aliphatic heterocycles. The van der Waals surface area contributed by atoms with Gasteiger partial charge in [-0.25, -0.2) is 0 Å². The predicted octanol–water partition coefficient (Wildman–Crippen LogP) is 3.03. The molecule has 0 radical (unpaired) electrons. The topological polar surface area (TPSA) is 35.2 Å². The van der Waals surface area contributed by atoms with Crippen molar-refractivity contribution in [2.24, 2.45) is 5.73 Å². The molecule has 0 saturated carbocycles. The lowest BCUT2D eigenvalue weighted by molar-refractivity contribution is -0.274. The molecule has 2 nitrogen and oxygen atoms in total. The number of ether oxygens (including phenoxy) is 1. The Hall–Kier alpha value is -0.940. The Labute approximate surface area is 91.6 Å². The van der Waals surface area contributed by atoms with Gasteiger partial charge >= 0.3 is 6.36 Å². The molecule has 0 fully saturated rings. The van der Waals surface area contributed by atoms with Gasteiger partial charge in [-0.3, -0.25) is 0 Å². The highest BCUT2D eigenvalue weighted by Crippen LogP contribution is 2.28. The largest absolute Gasteiger partial charge is 0.573 e. The number of rotatable bonds is 2. The van der Waals surface area contributed by atoms with Crippen LogP contribution in [0.25, 0.3) is 0 Å². The minimum Gasteiger partial charge on any atom is -0.405 e. The molecule has 0 aliphatic rings. The van der Waals surface area contributed by atoms with Crippen LogP contribution in [0.4, 0.5) is 13.2 Å². The van der Waals surface area contributed by atoms with Crippen LogP contribution < -0.4 is 10.5 Å². The minimum atomic E-state index is -4.68. The van der Waals surface area contributed by atoms with Crippen LogP contribution in [0, 0.1) is 0 Å². The summed E-state index contributed by atoms with van der Waals surface area (Å²) in [7, 11) is 0. The second-order valence-electron chi connectivity index (χ2n) is 2.87. The van der Waals surface area contributed by atoms with E-state index in [1.54, 1.807) is 13.0 Å². The molecule has 0 aliphatic carbocycles. The van der Waals surface area contributed by atoms with Crippen molar-refractivity contribution in [2.45, 2.75) is 19.3 Å². The van der Waals surface area contributed by atoms with Gasteiger partial charge in [0, 0.05) is 11.6 Å². The third-order valence-corrected chi connectivity index (χ3v) is 1.64. The van der Waals surface area contributed by atoms with Crippen LogP contribution >= 0.6 is 12.4 Å². The van der Waals surface area contributed by atoms with Crippen LogP contribution in [0.2, 0.25) is 0 Å². The van der Waals surface area contributed by atoms with Gasteiger partial charge in [0.25, 0.3) is 0 Å². The van der Waals surface area contributed by atoms with Gasteiger partial charge in [0.2, 0.25) is 0 Å². The first kappa shape index (κ1) is 14.1. The number of alkyl halides is 3. The van der Waals surface area contributed by atoms with Crippen LogP contribution in [0.5, 0.6) is 5.75 Å². The van der Waals surface area contributed by atoms with Gasteiger partial charge in [-0.15, -0.1) is 25.6 Å². The minimum absolute atomic E-state index is 0. The predicted molar refractivity (Wildman–Crippen MR) is 53.0 cm³/mol. The molecular formula is C9H11ClF3NO. The fourth-order valence-electron chi connectivity index (χ4n) is 1.07. The molecule has 0 heterocycles. The average Bonchev–Trinajstić information content (AvgIpc) is 2.01. The number of halogens is 4. The summed E-state index contributed by atoms with van der Waals surface area (Å²) in [6.45, 7) is 1.60. The lowest BCUT2D eigenvalue weighted by Gasteiger charge is -2.14. The molecule has 2 N–H and O–H groups in total. The Bertz CT molecular complexity index is 314. The van der Waals surface area contributed by atoms with Gasteiger partial charge in [-0.05, 0) is 13.0 Å². The number of hydrogen-bond donors (Lipinski definition) is 1. The van der Waals surface area contributed by atoms with Crippen LogP contribution in [-0.4, -0.2) is 6.36 Å². The highest BCUT2D eigenvalue weighted by molar-refractivity contribution is 5.85. The van der Waals surface area contributed by atoms with Crippen LogP contribution in [0.1, 0.15) is 18.5 Å². The summed E-state index contributed by atoms with van der Waals surface area (Å²) >= 11 is 0. The molecule has 0 bridgehead atoms. The smallest absolute Gasteiger partial charge is 0.405 e. The van der Waals surface area contributed by atoms with Gasteiger partial charge in [0.15, 0.2) is 0 Å². The molecular weight excluding hydrogens is 231 g/mol. The van der Waals surface area contributed by atoms with Crippen LogP contribution in [-0.2, 0) is 0 Å². The quantitative estimate of drug-likeness (QED) is 0.864. The summed E-state index contributed by atoms with van der Waals surface area (Å²) < 4.78 is 39.6. The first-order chi connectivity index (χ1) is 6.40. The van der Waals surface area contributed by atoms with Crippen LogP contribution in [0.15, 0.2) is 24.3 Å². The van der Waals surface area contributed by atoms with Crippen molar-refractivity contribution in [3.8, 4) is 5.75 Å². The molecule has 0 saturated heterocycles. The second kappa shape index (κ2) is 5.23. The molecule has 1 aromatic rings. The van der Waals surface area contributed by atoms with Crippen molar-refractivity contribution in [1.29, 1.82) is 0 Å². The maximum Gasteiger partial charge on any atom is 0.573 e. The molecule has 1 rings (SSSR count). The van der Waals surface area contributed by atoms with E-state index in [2.05, 4.69) is 4.74 Å². The summed E-state index contributed by atoms with van der Waals surface area (Å²) in [6.07, 6.45) is -4.68. The van der Waals surface area contributed by atoms with E-state index >= 15 is 0 Å². The van der Waals surface area contributed by atoms with E-state index in [1.807, 2.05) is 0 Å². The molecule has 6 heteroatoms. The van der Waals surface area contributed by atoms with E-state index in [1.165, 1.54) is 18.2 Å². The molecule has 0 amide bonds. The van der Waals surface area contributed by atoms with Crippen molar-refractivity contribution < 1.29 is 17.9 Å². The zero-order valence-electron chi connectivity index (χ0n) is 7.91. The Balaban J connectivity index is 0.00000196. The summed E-state index contributed by atoms with van der Waals surface area (Å²) in [5.74, 6) is -0.241. The Morgan fingerprint density at radius 1 is 1.27 bits per heavy atom. The maximum absolute atomic E-state index is 11.9. The zero-order valence-corrected chi connectivity index (χ0v) is 8.73. The molecule has 86 valence electrons. The van der Waals surface area contributed by atoms with Crippen molar-refractivity contribution >= 4 is 12.4 Å². The van der Waals surface area contributed by atoms with E-state index in [9.17, 15) is 13.2 Å². The molecule has 0 spiro atoms. The molecule has 1 unspecified atom stereocenters. The Morgan fingerprint density at radius 2 is 1.80 bits per heavy atom. The third-order valence-electron chi connectivity index (χ3n) is 1.64. The Kier molecular flexibility index (Phi) is 4.90. The van der Waals surface area contributed by atoms with Crippen molar-refractivity contribution in [2.75, 3.05) is 0 Å². The molecule has 1 aromatic carbocycles. The summed E-state index contributed by atoms with van der Waals surface area (Å²) in [4.78, 5) is 0. The highest BCUT2D eigenvalue weighted by atomic mass is 35.5. The average molecular weight is 242 g/mol. The van der Waals surface area contributed by atoms with E-state index in [0.29, 0.717) is 5.56 Å². The van der Waals surface area contributed by atoms with Crippen molar-refractivity contribution in [1.82, 2.24) is 0 Å². The maximum atomic E-state index is 11.9. The van der Waals surface area contributed by atoms with Crippen molar-refractivity contribution in [3.05, 3.63) is 29.8 Å². The molecule has 15 heavy (non-hydrogen) atoms. The van der Waals surface area contributed by atoms with E-state index in [0.717, 1.165) is 0 Å². The van der Waals surface area contributed by atoms with Gasteiger partial charge in [-0.2, -0.15) is 0 Å². The lowest BCUT2D eigenvalue weighted by Crippen LogP contribution is -2.19. The molecule has 1 atom stereocenters. The monoisotopic (exact) mass is 241 g/mol. The normalized spacial score (nSPS) is 12.9. The van der Waals surface area contributed by atoms with Gasteiger partial charge < -0.3 is 10.5 Å². The number of hydrogen-bond acceptors (Lipinski definition) is 2. The van der Waals surface area contributed by atoms with Gasteiger partial charge in [0.05, 0.1) is 0 Å². The Morgan fingerprint density at radius 3 is 2.27 bits per heavy atom. The fourth-order valence-corrected chi connectivity index (χ4v) is 1.07. The first-order valence-electron chi connectivity index (χ1n) is 4.00. The number of para-hydroxylation sites is 1. The van der Waals surface area contributed by atoms with Crippen molar-refractivity contribution in [3.63, 3.8) is 0 Å². The highest BCUT2D eigenvalue weighted by Gasteiger charge is 2.32. The number of benzene rings is 1. The number of nitrogens with two attached hydrogens (primary N) is 1. The molecule has 0 aromatic heterocycles. The standard InChI is InChI=1S/C9H10F3NO.ClH/c1-6(13)7-4-2-3-5-8(7)14-9(10,11)12;/h2-6H,13H2,1H3;1H. The summed E-state index contributed by atoms with van der Waals surface area (Å²) in [5, 5.41) is 0. The van der Waals surface area contributed by atoms with E-state index in [4.69, 9.17) is 5.73 Å². The third kappa shape index (κ3) is 4.40. The van der Waals surface area contributed by atoms with Gasteiger partial charge in [-0.1, -0.05) is 18.2 Å². The SMILES string of the molecule is CC(N)c1ccccc1OC(F)(F)F.Cl. The summed E-state index contributed by atoms with van der Waals surface area (Å²) in [6, 6.07) is 5.33.